The molecule has 1 heterocycles. The number of hydrogen-bond donors (Lipinski definition) is 2. The fraction of sp³-hybridized carbons (Fsp3) is 0.222. The monoisotopic (exact) mass is 269 g/mol. The molecule has 0 spiro atoms. The zero-order valence-electron chi connectivity index (χ0n) is 7.86. The molecule has 1 unspecified atom stereocenters. The second kappa shape index (κ2) is 4.75. The number of rotatable bonds is 3. The molecule has 0 fully saturated rings. The van der Waals surface area contributed by atoms with Crippen molar-refractivity contribution >= 4 is 27.8 Å². The van der Waals surface area contributed by atoms with Crippen molar-refractivity contribution in [3.05, 3.63) is 16.4 Å². The van der Waals surface area contributed by atoms with Gasteiger partial charge < -0.3 is 10.4 Å². The van der Waals surface area contributed by atoms with Crippen LogP contribution in [-0.4, -0.2) is 27.1 Å². The van der Waals surface area contributed by atoms with Gasteiger partial charge in [-0.05, 0) is 22.9 Å². The summed E-state index contributed by atoms with van der Waals surface area (Å²) in [6.07, 6.45) is 6.52. The summed E-state index contributed by atoms with van der Waals surface area (Å²) < 4.78 is 0.328. The van der Waals surface area contributed by atoms with Crippen LogP contribution in [0.25, 0.3) is 0 Å². The molecule has 0 aliphatic rings. The van der Waals surface area contributed by atoms with Crippen LogP contribution in [0.5, 0.6) is 0 Å². The Morgan fingerprint density at radius 3 is 3.00 bits per heavy atom. The maximum absolute atomic E-state index is 10.7. The number of carboxylic acid groups (broad SMARTS) is 1. The third-order valence-electron chi connectivity index (χ3n) is 1.54. The molecule has 1 rings (SSSR count). The molecule has 1 aromatic heterocycles. The molecule has 0 saturated carbocycles. The molecule has 0 bridgehead atoms. The van der Waals surface area contributed by atoms with E-state index in [0.717, 1.165) is 0 Å². The lowest BCUT2D eigenvalue weighted by Crippen LogP contribution is -2.16. The Morgan fingerprint density at radius 2 is 2.47 bits per heavy atom. The smallest absolute Gasteiger partial charge is 0.355 e. The lowest BCUT2D eigenvalue weighted by atomic mass is 10.3. The zero-order valence-corrected chi connectivity index (χ0v) is 9.45. The van der Waals surface area contributed by atoms with E-state index in [9.17, 15) is 4.79 Å². The molecule has 1 atom stereocenters. The SMILES string of the molecule is C#CC(C)Nc1ncc(Br)c(C(=O)O)n1. The standard InChI is InChI=1S/C9H8BrN3O2/c1-3-5(2)12-9-11-4-6(10)7(13-9)8(14)15/h1,4-5H,2H3,(H,14,15)(H,11,12,13). The third-order valence-corrected chi connectivity index (χ3v) is 2.12. The van der Waals surface area contributed by atoms with E-state index in [2.05, 4.69) is 37.1 Å². The van der Waals surface area contributed by atoms with Gasteiger partial charge in [-0.3, -0.25) is 0 Å². The Labute approximate surface area is 95.1 Å². The average Bonchev–Trinajstić information content (AvgIpc) is 2.20. The first-order chi connectivity index (χ1) is 7.04. The van der Waals surface area contributed by atoms with Gasteiger partial charge in [0.1, 0.15) is 0 Å². The van der Waals surface area contributed by atoms with E-state index in [1.165, 1.54) is 6.20 Å². The number of carboxylic acids is 1. The Hall–Kier alpha value is -1.61. The minimum atomic E-state index is -1.12. The lowest BCUT2D eigenvalue weighted by Gasteiger charge is -2.07. The molecule has 78 valence electrons. The fourth-order valence-corrected chi connectivity index (χ4v) is 1.18. The minimum Gasteiger partial charge on any atom is -0.476 e. The molecule has 1 aromatic rings. The molecular formula is C9H8BrN3O2. The Kier molecular flexibility index (Phi) is 3.63. The first-order valence-corrected chi connectivity index (χ1v) is 4.82. The molecule has 0 radical (unpaired) electrons. The number of anilines is 1. The summed E-state index contributed by atoms with van der Waals surface area (Å²) >= 11 is 3.04. The molecule has 0 aromatic carbocycles. The van der Waals surface area contributed by atoms with Crippen LogP contribution in [0.4, 0.5) is 5.95 Å². The molecule has 6 heteroatoms. The summed E-state index contributed by atoms with van der Waals surface area (Å²) in [7, 11) is 0. The normalized spacial score (nSPS) is 11.5. The molecule has 0 aliphatic heterocycles. The van der Waals surface area contributed by atoms with Crippen LogP contribution in [0.1, 0.15) is 17.4 Å². The highest BCUT2D eigenvalue weighted by molar-refractivity contribution is 9.10. The highest BCUT2D eigenvalue weighted by atomic mass is 79.9. The third kappa shape index (κ3) is 2.92. The zero-order chi connectivity index (χ0) is 11.4. The minimum absolute atomic E-state index is 0.100. The van der Waals surface area contributed by atoms with Crippen molar-refractivity contribution in [2.24, 2.45) is 0 Å². The van der Waals surface area contributed by atoms with Gasteiger partial charge in [-0.2, -0.15) is 0 Å². The van der Waals surface area contributed by atoms with Gasteiger partial charge in [-0.1, -0.05) is 5.92 Å². The van der Waals surface area contributed by atoms with Crippen molar-refractivity contribution < 1.29 is 9.90 Å². The number of nitrogens with one attached hydrogen (secondary N) is 1. The maximum atomic E-state index is 10.7. The molecule has 5 nitrogen and oxygen atoms in total. The van der Waals surface area contributed by atoms with E-state index in [-0.39, 0.29) is 17.7 Å². The van der Waals surface area contributed by atoms with Crippen molar-refractivity contribution in [3.8, 4) is 12.3 Å². The summed E-state index contributed by atoms with van der Waals surface area (Å²) in [4.78, 5) is 18.4. The van der Waals surface area contributed by atoms with Crippen molar-refractivity contribution in [2.45, 2.75) is 13.0 Å². The van der Waals surface area contributed by atoms with Crippen molar-refractivity contribution in [2.75, 3.05) is 5.32 Å². The van der Waals surface area contributed by atoms with Gasteiger partial charge in [-0.15, -0.1) is 6.42 Å². The van der Waals surface area contributed by atoms with Crippen molar-refractivity contribution in [1.82, 2.24) is 9.97 Å². The van der Waals surface area contributed by atoms with Crippen LogP contribution in [-0.2, 0) is 0 Å². The molecule has 0 aliphatic carbocycles. The predicted molar refractivity (Wildman–Crippen MR) is 58.6 cm³/mol. The first-order valence-electron chi connectivity index (χ1n) is 4.03. The highest BCUT2D eigenvalue weighted by Crippen LogP contribution is 2.15. The number of halogens is 1. The van der Waals surface area contributed by atoms with Gasteiger partial charge >= 0.3 is 5.97 Å². The molecule has 2 N–H and O–H groups in total. The second-order valence-corrected chi connectivity index (χ2v) is 3.58. The summed E-state index contributed by atoms with van der Waals surface area (Å²) in [5, 5.41) is 11.6. The number of aromatic nitrogens is 2. The fourth-order valence-electron chi connectivity index (χ4n) is 0.822. The van der Waals surface area contributed by atoms with E-state index < -0.39 is 5.97 Å². The van der Waals surface area contributed by atoms with Crippen LogP contribution in [0.2, 0.25) is 0 Å². The van der Waals surface area contributed by atoms with E-state index in [1.807, 2.05) is 0 Å². The van der Waals surface area contributed by atoms with Gasteiger partial charge in [0.2, 0.25) is 5.95 Å². The maximum Gasteiger partial charge on any atom is 0.355 e. The first kappa shape index (κ1) is 11.5. The number of carbonyl (C=O) groups is 1. The second-order valence-electron chi connectivity index (χ2n) is 2.73. The van der Waals surface area contributed by atoms with Crippen molar-refractivity contribution in [1.29, 1.82) is 0 Å². The van der Waals surface area contributed by atoms with Crippen LogP contribution >= 0.6 is 15.9 Å². The molecule has 0 amide bonds. The quantitative estimate of drug-likeness (QED) is 0.811. The number of nitrogens with zero attached hydrogens (tertiary/aromatic N) is 2. The van der Waals surface area contributed by atoms with Crippen LogP contribution < -0.4 is 5.32 Å². The number of hydrogen-bond acceptors (Lipinski definition) is 4. The summed E-state index contributed by atoms with van der Waals surface area (Å²) in [5.74, 6) is 1.50. The largest absolute Gasteiger partial charge is 0.476 e. The van der Waals surface area contributed by atoms with Crippen LogP contribution in [0.3, 0.4) is 0 Å². The van der Waals surface area contributed by atoms with E-state index in [1.54, 1.807) is 6.92 Å². The van der Waals surface area contributed by atoms with Gasteiger partial charge in [0.15, 0.2) is 5.69 Å². The van der Waals surface area contributed by atoms with Gasteiger partial charge in [0.25, 0.3) is 0 Å². The van der Waals surface area contributed by atoms with Crippen molar-refractivity contribution in [3.63, 3.8) is 0 Å². The highest BCUT2D eigenvalue weighted by Gasteiger charge is 2.12. The summed E-state index contributed by atoms with van der Waals surface area (Å²) in [6, 6.07) is -0.257. The Morgan fingerprint density at radius 1 is 1.80 bits per heavy atom. The summed E-state index contributed by atoms with van der Waals surface area (Å²) in [5.41, 5.74) is -0.100. The number of terminal acetylenes is 1. The van der Waals surface area contributed by atoms with Gasteiger partial charge in [-0.25, -0.2) is 14.8 Å². The van der Waals surface area contributed by atoms with Gasteiger partial charge in [0.05, 0.1) is 10.5 Å². The Balaban J connectivity index is 2.99. The van der Waals surface area contributed by atoms with E-state index in [4.69, 9.17) is 11.5 Å². The molecular weight excluding hydrogens is 262 g/mol. The summed E-state index contributed by atoms with van der Waals surface area (Å²) in [6.45, 7) is 1.74. The molecule has 0 saturated heterocycles. The van der Waals surface area contributed by atoms with Gasteiger partial charge in [0, 0.05) is 6.20 Å². The lowest BCUT2D eigenvalue weighted by molar-refractivity contribution is 0.0689. The predicted octanol–water partition coefficient (Wildman–Crippen LogP) is 1.37. The van der Waals surface area contributed by atoms with Crippen LogP contribution in [0.15, 0.2) is 10.7 Å². The Bertz CT molecular complexity index is 428. The van der Waals surface area contributed by atoms with E-state index in [0.29, 0.717) is 4.47 Å². The van der Waals surface area contributed by atoms with E-state index >= 15 is 0 Å². The molecule has 15 heavy (non-hydrogen) atoms. The topological polar surface area (TPSA) is 75.1 Å². The van der Waals surface area contributed by atoms with Crippen LogP contribution in [0, 0.1) is 12.3 Å². The number of aromatic carboxylic acids is 1. The average molecular weight is 270 g/mol.